The molecule has 3 saturated carbocycles. The predicted molar refractivity (Wildman–Crippen MR) is 113 cm³/mol. The average Bonchev–Trinajstić information content (AvgIpc) is 2.88. The summed E-state index contributed by atoms with van der Waals surface area (Å²) in [5, 5.41) is 0. The lowest BCUT2D eigenvalue weighted by atomic mass is 9.47. The lowest BCUT2D eigenvalue weighted by molar-refractivity contribution is -0.134. The molecule has 0 aliphatic heterocycles. The van der Waals surface area contributed by atoms with Gasteiger partial charge in [-0.3, -0.25) is 9.59 Å². The minimum atomic E-state index is -0.0846. The van der Waals surface area contributed by atoms with Crippen LogP contribution in [-0.4, -0.2) is 18.2 Å². The monoisotopic (exact) mass is 396 g/mol. The molecule has 5 aliphatic rings. The van der Waals surface area contributed by atoms with E-state index in [2.05, 4.69) is 13.0 Å². The van der Waals surface area contributed by atoms with E-state index in [1.54, 1.807) is 0 Å². The van der Waals surface area contributed by atoms with Gasteiger partial charge in [-0.25, -0.2) is 0 Å². The first-order chi connectivity index (χ1) is 14.0. The summed E-state index contributed by atoms with van der Waals surface area (Å²) in [6, 6.07) is 0. The SMILES string of the molecule is C[C@]12CC[C@@H]3[C@@H](CCC4=CC(=O)CC[C@@]43COC3=CCCCCC3)[C@@H]1CCC2=O. The maximum Gasteiger partial charge on any atom is 0.155 e. The van der Waals surface area contributed by atoms with Crippen molar-refractivity contribution in [2.45, 2.75) is 90.4 Å². The van der Waals surface area contributed by atoms with E-state index in [0.29, 0.717) is 35.7 Å². The summed E-state index contributed by atoms with van der Waals surface area (Å²) < 4.78 is 6.55. The highest BCUT2D eigenvalue weighted by atomic mass is 16.5. The Balaban J connectivity index is 1.44. The van der Waals surface area contributed by atoms with Crippen LogP contribution in [0, 0.1) is 28.6 Å². The van der Waals surface area contributed by atoms with E-state index < -0.39 is 0 Å². The largest absolute Gasteiger partial charge is 0.497 e. The van der Waals surface area contributed by atoms with Crippen LogP contribution in [0.2, 0.25) is 0 Å². The Morgan fingerprint density at radius 2 is 1.86 bits per heavy atom. The standard InChI is InChI=1S/C26H36O3/c1-25-14-13-23-21(22(25)10-11-24(25)28)9-8-18-16-19(27)12-15-26(18,23)17-29-20-6-4-2-3-5-7-20/h6,16,21-23H,2-5,7-15,17H2,1H3/t21-,22-,23+,25-,26+/m0/s1. The van der Waals surface area contributed by atoms with Crippen LogP contribution in [0.3, 0.4) is 0 Å². The van der Waals surface area contributed by atoms with E-state index in [1.807, 2.05) is 6.08 Å². The van der Waals surface area contributed by atoms with Gasteiger partial charge in [0.1, 0.15) is 5.78 Å². The van der Waals surface area contributed by atoms with Gasteiger partial charge in [0, 0.05) is 30.1 Å². The fraction of sp³-hybridized carbons (Fsp3) is 0.769. The topological polar surface area (TPSA) is 43.4 Å². The highest BCUT2D eigenvalue weighted by Gasteiger charge is 2.60. The van der Waals surface area contributed by atoms with Crippen LogP contribution in [-0.2, 0) is 14.3 Å². The van der Waals surface area contributed by atoms with Gasteiger partial charge in [0.05, 0.1) is 12.4 Å². The normalized spacial score (nSPS) is 42.2. The Morgan fingerprint density at radius 1 is 0.966 bits per heavy atom. The van der Waals surface area contributed by atoms with Gasteiger partial charge in [0.2, 0.25) is 0 Å². The van der Waals surface area contributed by atoms with Crippen molar-refractivity contribution < 1.29 is 14.3 Å². The first kappa shape index (κ1) is 19.6. The number of hydrogen-bond acceptors (Lipinski definition) is 3. The Kier molecular flexibility index (Phi) is 4.99. The second kappa shape index (κ2) is 7.39. The van der Waals surface area contributed by atoms with Crippen molar-refractivity contribution in [1.29, 1.82) is 0 Å². The summed E-state index contributed by atoms with van der Waals surface area (Å²) in [5.74, 6) is 3.74. The number of carbonyl (C=O) groups is 2. The third-order valence-corrected chi connectivity index (χ3v) is 9.41. The van der Waals surface area contributed by atoms with Gasteiger partial charge < -0.3 is 4.74 Å². The maximum absolute atomic E-state index is 12.7. The third-order valence-electron chi connectivity index (χ3n) is 9.41. The molecule has 0 unspecified atom stereocenters. The molecule has 0 bridgehead atoms. The quantitative estimate of drug-likeness (QED) is 0.593. The molecule has 3 nitrogen and oxygen atoms in total. The molecule has 0 saturated heterocycles. The van der Waals surface area contributed by atoms with Gasteiger partial charge in [0.25, 0.3) is 0 Å². The van der Waals surface area contributed by atoms with Crippen LogP contribution in [0.1, 0.15) is 90.4 Å². The van der Waals surface area contributed by atoms with E-state index in [9.17, 15) is 9.59 Å². The molecule has 5 atom stereocenters. The number of allylic oxidation sites excluding steroid dienone is 2. The number of hydrogen-bond donors (Lipinski definition) is 0. The maximum atomic E-state index is 12.7. The van der Waals surface area contributed by atoms with Gasteiger partial charge in [0.15, 0.2) is 5.78 Å². The zero-order chi connectivity index (χ0) is 20.1. The van der Waals surface area contributed by atoms with Crippen LogP contribution in [0.5, 0.6) is 0 Å². The first-order valence-electron chi connectivity index (χ1n) is 12.1. The highest BCUT2D eigenvalue weighted by Crippen LogP contribution is 2.64. The number of ether oxygens (including phenoxy) is 1. The Labute approximate surface area is 175 Å². The molecule has 3 fully saturated rings. The third kappa shape index (κ3) is 3.15. The van der Waals surface area contributed by atoms with Gasteiger partial charge in [-0.2, -0.15) is 0 Å². The molecule has 0 heterocycles. The number of carbonyl (C=O) groups excluding carboxylic acids is 2. The second-order valence-corrected chi connectivity index (χ2v) is 10.7. The average molecular weight is 397 g/mol. The van der Waals surface area contributed by atoms with Crippen LogP contribution < -0.4 is 0 Å². The fourth-order valence-corrected chi connectivity index (χ4v) is 7.74. The summed E-state index contributed by atoms with van der Waals surface area (Å²) >= 11 is 0. The van der Waals surface area contributed by atoms with Crippen LogP contribution >= 0.6 is 0 Å². The van der Waals surface area contributed by atoms with Crippen LogP contribution in [0.4, 0.5) is 0 Å². The summed E-state index contributed by atoms with van der Waals surface area (Å²) in [4.78, 5) is 25.0. The Bertz CT molecular complexity index is 762. The number of fused-ring (bicyclic) bond motifs is 5. The minimum Gasteiger partial charge on any atom is -0.497 e. The summed E-state index contributed by atoms with van der Waals surface area (Å²) in [5.41, 5.74) is 1.31. The molecular formula is C26H36O3. The zero-order valence-electron chi connectivity index (χ0n) is 18.0. The Hall–Kier alpha value is -1.38. The van der Waals surface area contributed by atoms with E-state index in [1.165, 1.54) is 30.6 Å². The fourth-order valence-electron chi connectivity index (χ4n) is 7.74. The molecule has 0 spiro atoms. The van der Waals surface area contributed by atoms with Crippen molar-refractivity contribution in [1.82, 2.24) is 0 Å². The lowest BCUT2D eigenvalue weighted by Gasteiger charge is -2.57. The van der Waals surface area contributed by atoms with Crippen molar-refractivity contribution in [3.63, 3.8) is 0 Å². The van der Waals surface area contributed by atoms with E-state index in [0.717, 1.165) is 64.4 Å². The van der Waals surface area contributed by atoms with E-state index in [4.69, 9.17) is 4.74 Å². The van der Waals surface area contributed by atoms with Gasteiger partial charge >= 0.3 is 0 Å². The number of ketones is 2. The van der Waals surface area contributed by atoms with Crippen molar-refractivity contribution >= 4 is 11.6 Å². The number of rotatable bonds is 3. The summed E-state index contributed by atoms with van der Waals surface area (Å²) in [7, 11) is 0. The molecular weight excluding hydrogens is 360 g/mol. The molecule has 0 amide bonds. The van der Waals surface area contributed by atoms with Crippen molar-refractivity contribution in [3.05, 3.63) is 23.5 Å². The molecule has 0 aromatic heterocycles. The molecule has 0 aromatic rings. The molecule has 158 valence electrons. The molecule has 0 radical (unpaired) electrons. The summed E-state index contributed by atoms with van der Waals surface area (Å²) in [6.07, 6.45) is 18.1. The zero-order valence-corrected chi connectivity index (χ0v) is 18.0. The van der Waals surface area contributed by atoms with E-state index in [-0.39, 0.29) is 10.8 Å². The van der Waals surface area contributed by atoms with Crippen LogP contribution in [0.15, 0.2) is 23.5 Å². The Morgan fingerprint density at radius 3 is 2.76 bits per heavy atom. The van der Waals surface area contributed by atoms with Crippen molar-refractivity contribution in [2.24, 2.45) is 28.6 Å². The minimum absolute atomic E-state index is 0.0247. The smallest absolute Gasteiger partial charge is 0.155 e. The molecule has 29 heavy (non-hydrogen) atoms. The lowest BCUT2D eigenvalue weighted by Crippen LogP contribution is -2.53. The molecule has 5 rings (SSSR count). The van der Waals surface area contributed by atoms with Gasteiger partial charge in [-0.15, -0.1) is 0 Å². The first-order valence-corrected chi connectivity index (χ1v) is 12.1. The summed E-state index contributed by atoms with van der Waals surface area (Å²) in [6.45, 7) is 3.00. The highest BCUT2D eigenvalue weighted by molar-refractivity contribution is 5.91. The van der Waals surface area contributed by atoms with Crippen LogP contribution in [0.25, 0.3) is 0 Å². The van der Waals surface area contributed by atoms with Crippen molar-refractivity contribution in [2.75, 3.05) is 6.61 Å². The number of Topliss-reactive ketones (excluding diaryl/α,β-unsaturated/α-hetero) is 1. The van der Waals surface area contributed by atoms with Gasteiger partial charge in [-0.05, 0) is 87.7 Å². The molecule has 0 aromatic carbocycles. The van der Waals surface area contributed by atoms with Crippen molar-refractivity contribution in [3.8, 4) is 0 Å². The van der Waals surface area contributed by atoms with Gasteiger partial charge in [-0.1, -0.05) is 18.9 Å². The predicted octanol–water partition coefficient (Wildman–Crippen LogP) is 5.93. The molecule has 5 aliphatic carbocycles. The molecule has 0 N–H and O–H groups in total. The molecule has 3 heteroatoms. The van der Waals surface area contributed by atoms with E-state index >= 15 is 0 Å². The second-order valence-electron chi connectivity index (χ2n) is 10.7.